The van der Waals surface area contributed by atoms with E-state index in [0.717, 1.165) is 31.1 Å². The summed E-state index contributed by atoms with van der Waals surface area (Å²) in [6.45, 7) is 4.67. The highest BCUT2D eigenvalue weighted by atomic mass is 32.2. The molecule has 1 aliphatic rings. The lowest BCUT2D eigenvalue weighted by Crippen LogP contribution is -2.51. The van der Waals surface area contributed by atoms with E-state index in [9.17, 15) is 4.79 Å². The molecule has 1 aromatic carbocycles. The van der Waals surface area contributed by atoms with Crippen molar-refractivity contribution in [2.24, 2.45) is 0 Å². The summed E-state index contributed by atoms with van der Waals surface area (Å²) in [5.41, 5.74) is 0. The molecule has 1 atom stereocenters. The van der Waals surface area contributed by atoms with Gasteiger partial charge in [-0.15, -0.1) is 11.8 Å². The van der Waals surface area contributed by atoms with Crippen LogP contribution in [0.25, 0.3) is 0 Å². The Bertz CT molecular complexity index is 436. The molecule has 20 heavy (non-hydrogen) atoms. The lowest BCUT2D eigenvalue weighted by Gasteiger charge is -2.31. The van der Waals surface area contributed by atoms with Crippen LogP contribution in [0.3, 0.4) is 0 Å². The fraction of sp³-hybridized carbons (Fsp3) is 0.533. The van der Waals surface area contributed by atoms with Gasteiger partial charge in [-0.25, -0.2) is 0 Å². The second-order valence-electron chi connectivity index (χ2n) is 4.97. The third kappa shape index (κ3) is 4.42. The Kier molecular flexibility index (Phi) is 5.73. The van der Waals surface area contributed by atoms with Gasteiger partial charge < -0.3 is 15.0 Å². The summed E-state index contributed by atoms with van der Waals surface area (Å²) in [5, 5.41) is 3.35. The number of benzene rings is 1. The maximum atomic E-state index is 12.1. The number of carbonyl (C=O) groups excluding carboxylic acids is 1. The lowest BCUT2D eigenvalue weighted by molar-refractivity contribution is -0.131. The molecule has 1 N–H and O–H groups in total. The Morgan fingerprint density at radius 1 is 1.45 bits per heavy atom. The number of piperazine rings is 1. The molecule has 1 unspecified atom stereocenters. The minimum atomic E-state index is 0.263. The zero-order valence-electron chi connectivity index (χ0n) is 12.1. The molecule has 4 nitrogen and oxygen atoms in total. The fourth-order valence-electron chi connectivity index (χ4n) is 2.25. The SMILES string of the molecule is COc1ccc(SCCC(=O)N2CCNC(C)C2)cc1. The summed E-state index contributed by atoms with van der Waals surface area (Å²) < 4.78 is 5.13. The summed E-state index contributed by atoms with van der Waals surface area (Å²) >= 11 is 1.71. The molecule has 1 aromatic rings. The van der Waals surface area contributed by atoms with Crippen molar-refractivity contribution in [2.45, 2.75) is 24.3 Å². The van der Waals surface area contributed by atoms with Crippen LogP contribution in [0.4, 0.5) is 0 Å². The second-order valence-corrected chi connectivity index (χ2v) is 6.14. The van der Waals surface area contributed by atoms with Crippen molar-refractivity contribution in [3.63, 3.8) is 0 Å². The Balaban J connectivity index is 1.73. The molecule has 0 aliphatic carbocycles. The summed E-state index contributed by atoms with van der Waals surface area (Å²) in [6.07, 6.45) is 0.601. The van der Waals surface area contributed by atoms with Crippen LogP contribution in [0, 0.1) is 0 Å². The van der Waals surface area contributed by atoms with Crippen LogP contribution in [0.2, 0.25) is 0 Å². The van der Waals surface area contributed by atoms with Crippen molar-refractivity contribution in [2.75, 3.05) is 32.5 Å². The number of ether oxygens (including phenoxy) is 1. The van der Waals surface area contributed by atoms with E-state index in [-0.39, 0.29) is 5.91 Å². The summed E-state index contributed by atoms with van der Waals surface area (Å²) in [7, 11) is 1.66. The van der Waals surface area contributed by atoms with E-state index in [1.807, 2.05) is 29.2 Å². The van der Waals surface area contributed by atoms with Crippen molar-refractivity contribution in [1.82, 2.24) is 10.2 Å². The van der Waals surface area contributed by atoms with Gasteiger partial charge in [-0.2, -0.15) is 0 Å². The van der Waals surface area contributed by atoms with Crippen molar-refractivity contribution in [3.05, 3.63) is 24.3 Å². The molecule has 5 heteroatoms. The zero-order valence-corrected chi connectivity index (χ0v) is 12.9. The number of carbonyl (C=O) groups is 1. The molecule has 0 spiro atoms. The third-order valence-corrected chi connectivity index (χ3v) is 4.38. The molecule has 1 heterocycles. The van der Waals surface area contributed by atoms with Gasteiger partial charge in [-0.1, -0.05) is 0 Å². The minimum absolute atomic E-state index is 0.263. The molecule has 1 fully saturated rings. The standard InChI is InChI=1S/C15H22N2O2S/c1-12-11-17(9-8-16-12)15(18)7-10-20-14-5-3-13(19-2)4-6-14/h3-6,12,16H,7-11H2,1-2H3. The molecule has 1 aliphatic heterocycles. The van der Waals surface area contributed by atoms with Crippen LogP contribution < -0.4 is 10.1 Å². The maximum Gasteiger partial charge on any atom is 0.223 e. The van der Waals surface area contributed by atoms with Crippen LogP contribution >= 0.6 is 11.8 Å². The molecular formula is C15H22N2O2S. The fourth-order valence-corrected chi connectivity index (χ4v) is 3.09. The molecule has 0 bridgehead atoms. The molecule has 0 aromatic heterocycles. The van der Waals surface area contributed by atoms with Gasteiger partial charge in [0.25, 0.3) is 0 Å². The Labute approximate surface area is 124 Å². The summed E-state index contributed by atoms with van der Waals surface area (Å²) in [5.74, 6) is 1.95. The largest absolute Gasteiger partial charge is 0.497 e. The molecule has 2 rings (SSSR count). The van der Waals surface area contributed by atoms with Gasteiger partial charge >= 0.3 is 0 Å². The van der Waals surface area contributed by atoms with E-state index in [2.05, 4.69) is 12.2 Å². The maximum absolute atomic E-state index is 12.1. The molecule has 0 radical (unpaired) electrons. The van der Waals surface area contributed by atoms with Crippen molar-refractivity contribution >= 4 is 17.7 Å². The first-order valence-electron chi connectivity index (χ1n) is 6.97. The predicted octanol–water partition coefficient (Wildman–Crippen LogP) is 2.00. The Morgan fingerprint density at radius 3 is 2.85 bits per heavy atom. The first-order chi connectivity index (χ1) is 9.69. The van der Waals surface area contributed by atoms with Crippen molar-refractivity contribution in [3.8, 4) is 5.75 Å². The van der Waals surface area contributed by atoms with E-state index in [1.54, 1.807) is 18.9 Å². The molecule has 110 valence electrons. The number of hydrogen-bond donors (Lipinski definition) is 1. The van der Waals surface area contributed by atoms with Crippen LogP contribution in [0.5, 0.6) is 5.75 Å². The van der Waals surface area contributed by atoms with E-state index in [1.165, 1.54) is 4.90 Å². The van der Waals surface area contributed by atoms with Gasteiger partial charge in [0.2, 0.25) is 5.91 Å². The quantitative estimate of drug-likeness (QED) is 0.843. The second kappa shape index (κ2) is 7.55. The van der Waals surface area contributed by atoms with Crippen LogP contribution in [0.15, 0.2) is 29.2 Å². The summed E-state index contributed by atoms with van der Waals surface area (Å²) in [6, 6.07) is 8.35. The summed E-state index contributed by atoms with van der Waals surface area (Å²) in [4.78, 5) is 15.2. The first kappa shape index (κ1) is 15.2. The number of thioether (sulfide) groups is 1. The molecular weight excluding hydrogens is 272 g/mol. The number of hydrogen-bond acceptors (Lipinski definition) is 4. The topological polar surface area (TPSA) is 41.6 Å². The number of nitrogens with one attached hydrogen (secondary N) is 1. The van der Waals surface area contributed by atoms with Gasteiger partial charge in [-0.05, 0) is 31.2 Å². The van der Waals surface area contributed by atoms with E-state index in [4.69, 9.17) is 4.74 Å². The van der Waals surface area contributed by atoms with E-state index in [0.29, 0.717) is 12.5 Å². The van der Waals surface area contributed by atoms with E-state index >= 15 is 0 Å². The van der Waals surface area contributed by atoms with E-state index < -0.39 is 0 Å². The minimum Gasteiger partial charge on any atom is -0.497 e. The Morgan fingerprint density at radius 2 is 2.20 bits per heavy atom. The van der Waals surface area contributed by atoms with Crippen molar-refractivity contribution in [1.29, 1.82) is 0 Å². The predicted molar refractivity (Wildman–Crippen MR) is 82.4 cm³/mol. The van der Waals surface area contributed by atoms with Crippen LogP contribution in [-0.2, 0) is 4.79 Å². The van der Waals surface area contributed by atoms with Gasteiger partial charge in [0.15, 0.2) is 0 Å². The average Bonchev–Trinajstić information content (AvgIpc) is 2.48. The average molecular weight is 294 g/mol. The smallest absolute Gasteiger partial charge is 0.223 e. The number of amides is 1. The van der Waals surface area contributed by atoms with Crippen molar-refractivity contribution < 1.29 is 9.53 Å². The number of methoxy groups -OCH3 is 1. The van der Waals surface area contributed by atoms with Gasteiger partial charge in [-0.3, -0.25) is 4.79 Å². The highest BCUT2D eigenvalue weighted by molar-refractivity contribution is 7.99. The molecule has 1 amide bonds. The third-order valence-electron chi connectivity index (χ3n) is 3.37. The highest BCUT2D eigenvalue weighted by Crippen LogP contribution is 2.22. The monoisotopic (exact) mass is 294 g/mol. The number of nitrogens with zero attached hydrogens (tertiary/aromatic N) is 1. The molecule has 1 saturated heterocycles. The van der Waals surface area contributed by atoms with Crippen LogP contribution in [0.1, 0.15) is 13.3 Å². The Hall–Kier alpha value is -1.20. The molecule has 0 saturated carbocycles. The van der Waals surface area contributed by atoms with Gasteiger partial charge in [0.1, 0.15) is 5.75 Å². The van der Waals surface area contributed by atoms with Gasteiger partial charge in [0, 0.05) is 42.7 Å². The normalized spacial score (nSPS) is 18.9. The number of rotatable bonds is 5. The highest BCUT2D eigenvalue weighted by Gasteiger charge is 2.19. The first-order valence-corrected chi connectivity index (χ1v) is 7.95. The zero-order chi connectivity index (χ0) is 14.4. The van der Waals surface area contributed by atoms with Gasteiger partial charge in [0.05, 0.1) is 7.11 Å². The van der Waals surface area contributed by atoms with Crippen LogP contribution in [-0.4, -0.2) is 49.3 Å². The lowest BCUT2D eigenvalue weighted by atomic mass is 10.2.